The lowest BCUT2D eigenvalue weighted by Crippen LogP contribution is -2.44. The maximum Gasteiger partial charge on any atom is 0.127 e. The molecule has 0 aromatic heterocycles. The second kappa shape index (κ2) is 10.2. The van der Waals surface area contributed by atoms with Gasteiger partial charge in [0.25, 0.3) is 0 Å². The van der Waals surface area contributed by atoms with E-state index in [1.165, 1.54) is 50.5 Å². The van der Waals surface area contributed by atoms with E-state index >= 15 is 0 Å². The fourth-order valence-electron chi connectivity index (χ4n) is 6.77. The number of hydrogen-bond donors (Lipinski definition) is 0. The first kappa shape index (κ1) is 24.3. The van der Waals surface area contributed by atoms with E-state index in [1.54, 1.807) is 7.11 Å². The molecule has 3 aliphatic rings. The van der Waals surface area contributed by atoms with E-state index in [1.807, 2.05) is 0 Å². The second-order valence-electron chi connectivity index (χ2n) is 10.7. The SMILES string of the molecule is CCCCCc1ccc(-c2ccc(C34CCC(CCC)(CC3)CC4)c(C#N)c2C#N)c(OC)c1. The number of nitrogens with zero attached hydrogens (tertiary/aromatic N) is 2. The van der Waals surface area contributed by atoms with Crippen molar-refractivity contribution in [2.45, 2.75) is 96.3 Å². The molecule has 3 nitrogen and oxygen atoms in total. The second-order valence-corrected chi connectivity index (χ2v) is 10.7. The molecule has 3 fully saturated rings. The van der Waals surface area contributed by atoms with Gasteiger partial charge in [0, 0.05) is 11.1 Å². The van der Waals surface area contributed by atoms with E-state index in [-0.39, 0.29) is 5.41 Å². The molecule has 0 amide bonds. The molecule has 0 N–H and O–H groups in total. The van der Waals surface area contributed by atoms with Gasteiger partial charge < -0.3 is 4.74 Å². The number of fused-ring (bicyclic) bond motifs is 3. The van der Waals surface area contributed by atoms with Crippen LogP contribution in [0.25, 0.3) is 11.1 Å². The van der Waals surface area contributed by atoms with Gasteiger partial charge in [0.15, 0.2) is 0 Å². The Morgan fingerprint density at radius 2 is 1.50 bits per heavy atom. The molecule has 0 saturated heterocycles. The van der Waals surface area contributed by atoms with Gasteiger partial charge >= 0.3 is 0 Å². The molecule has 178 valence electrons. The molecule has 3 heteroatoms. The smallest absolute Gasteiger partial charge is 0.127 e. The van der Waals surface area contributed by atoms with Crippen LogP contribution in [-0.4, -0.2) is 7.11 Å². The molecule has 0 aliphatic heterocycles. The highest BCUT2D eigenvalue weighted by molar-refractivity contribution is 5.79. The number of hydrogen-bond acceptors (Lipinski definition) is 3. The third-order valence-corrected chi connectivity index (χ3v) is 8.81. The minimum atomic E-state index is 0.0535. The molecule has 3 aliphatic carbocycles. The standard InChI is InChI=1S/C31H38N2O/c1-4-6-7-8-23-9-10-25(29(20-23)34-3)24-11-12-28(27(22-33)26(24)21-32)31-17-14-30(13-5-2,15-18-31)16-19-31/h9-12,20H,4-8,13-19H2,1-3H3. The Balaban J connectivity index is 1.72. The summed E-state index contributed by atoms with van der Waals surface area (Å²) in [5, 5.41) is 20.5. The Kier molecular flexibility index (Phi) is 7.33. The van der Waals surface area contributed by atoms with E-state index < -0.39 is 0 Å². The van der Waals surface area contributed by atoms with E-state index in [0.29, 0.717) is 16.5 Å². The molecule has 0 unspecified atom stereocenters. The van der Waals surface area contributed by atoms with Crippen molar-refractivity contribution in [1.29, 1.82) is 10.5 Å². The first-order chi connectivity index (χ1) is 16.5. The lowest BCUT2D eigenvalue weighted by atomic mass is 9.50. The Bertz CT molecular complexity index is 1090. The van der Waals surface area contributed by atoms with E-state index in [2.05, 4.69) is 56.3 Å². The van der Waals surface area contributed by atoms with Crippen LogP contribution in [0.1, 0.15) is 107 Å². The summed E-state index contributed by atoms with van der Waals surface area (Å²) < 4.78 is 5.76. The molecule has 5 rings (SSSR count). The first-order valence-electron chi connectivity index (χ1n) is 13.2. The average Bonchev–Trinajstić information content (AvgIpc) is 2.89. The molecule has 2 aromatic rings. The largest absolute Gasteiger partial charge is 0.496 e. The quantitative estimate of drug-likeness (QED) is 0.358. The predicted octanol–water partition coefficient (Wildman–Crippen LogP) is 8.23. The van der Waals surface area contributed by atoms with Crippen LogP contribution in [-0.2, 0) is 11.8 Å². The third kappa shape index (κ3) is 4.34. The van der Waals surface area contributed by atoms with Gasteiger partial charge in [0.1, 0.15) is 17.9 Å². The maximum absolute atomic E-state index is 10.2. The molecule has 0 spiro atoms. The van der Waals surface area contributed by atoms with Gasteiger partial charge in [0.2, 0.25) is 0 Å². The van der Waals surface area contributed by atoms with Gasteiger partial charge in [-0.25, -0.2) is 0 Å². The molecule has 34 heavy (non-hydrogen) atoms. The highest BCUT2D eigenvalue weighted by atomic mass is 16.5. The normalized spacial score (nSPS) is 23.3. The van der Waals surface area contributed by atoms with Crippen LogP contribution in [0.3, 0.4) is 0 Å². The summed E-state index contributed by atoms with van der Waals surface area (Å²) in [6.07, 6.45) is 14.4. The van der Waals surface area contributed by atoms with Crippen LogP contribution in [0.15, 0.2) is 30.3 Å². The molecule has 3 saturated carbocycles. The zero-order valence-corrected chi connectivity index (χ0v) is 21.2. The topological polar surface area (TPSA) is 56.8 Å². The minimum absolute atomic E-state index is 0.0535. The van der Waals surface area contributed by atoms with Gasteiger partial charge in [-0.2, -0.15) is 10.5 Å². The zero-order chi connectivity index (χ0) is 24.2. The summed E-state index contributed by atoms with van der Waals surface area (Å²) in [6, 6.07) is 15.4. The van der Waals surface area contributed by atoms with Crippen molar-refractivity contribution >= 4 is 0 Å². The molecule has 2 bridgehead atoms. The van der Waals surface area contributed by atoms with Crippen molar-refractivity contribution < 1.29 is 4.74 Å². The number of nitriles is 2. The summed E-state index contributed by atoms with van der Waals surface area (Å²) in [7, 11) is 1.69. The summed E-state index contributed by atoms with van der Waals surface area (Å²) >= 11 is 0. The predicted molar refractivity (Wildman–Crippen MR) is 138 cm³/mol. The number of benzene rings is 2. The lowest BCUT2D eigenvalue weighted by molar-refractivity contribution is 0.0319. The fourth-order valence-corrected chi connectivity index (χ4v) is 6.77. The summed E-state index contributed by atoms with van der Waals surface area (Å²) in [5.74, 6) is 0.778. The molecule has 0 heterocycles. The van der Waals surface area contributed by atoms with Crippen molar-refractivity contribution in [3.63, 3.8) is 0 Å². The van der Waals surface area contributed by atoms with Crippen LogP contribution < -0.4 is 4.74 Å². The lowest BCUT2D eigenvalue weighted by Gasteiger charge is -2.54. The number of aryl methyl sites for hydroxylation is 1. The third-order valence-electron chi connectivity index (χ3n) is 8.81. The Morgan fingerprint density at radius 1 is 0.824 bits per heavy atom. The molecular weight excluding hydrogens is 416 g/mol. The van der Waals surface area contributed by atoms with Crippen molar-refractivity contribution in [3.8, 4) is 29.0 Å². The monoisotopic (exact) mass is 454 g/mol. The van der Waals surface area contributed by atoms with Crippen LogP contribution in [0.4, 0.5) is 0 Å². The van der Waals surface area contributed by atoms with Gasteiger partial charge in [0.05, 0.1) is 18.2 Å². The van der Waals surface area contributed by atoms with Crippen LogP contribution in [0, 0.1) is 28.1 Å². The number of unbranched alkanes of at least 4 members (excludes halogenated alkanes) is 2. The van der Waals surface area contributed by atoms with Gasteiger partial charge in [-0.1, -0.05) is 57.4 Å². The van der Waals surface area contributed by atoms with E-state index in [9.17, 15) is 10.5 Å². The van der Waals surface area contributed by atoms with Crippen molar-refractivity contribution in [2.75, 3.05) is 7.11 Å². The first-order valence-corrected chi connectivity index (χ1v) is 13.2. The highest BCUT2D eigenvalue weighted by Crippen LogP contribution is 2.60. The highest BCUT2D eigenvalue weighted by Gasteiger charge is 2.49. The summed E-state index contributed by atoms with van der Waals surface area (Å²) in [5.41, 5.74) is 5.72. The molecule has 2 aromatic carbocycles. The summed E-state index contributed by atoms with van der Waals surface area (Å²) in [4.78, 5) is 0. The van der Waals surface area contributed by atoms with Crippen molar-refractivity contribution in [3.05, 3.63) is 52.6 Å². The number of ether oxygens (including phenoxy) is 1. The van der Waals surface area contributed by atoms with E-state index in [0.717, 1.165) is 54.5 Å². The number of rotatable bonds is 9. The Labute approximate surface area is 205 Å². The van der Waals surface area contributed by atoms with E-state index in [4.69, 9.17) is 4.74 Å². The minimum Gasteiger partial charge on any atom is -0.496 e. The molecular formula is C31H38N2O. The van der Waals surface area contributed by atoms with Gasteiger partial charge in [-0.3, -0.25) is 0 Å². The van der Waals surface area contributed by atoms with Gasteiger partial charge in [-0.05, 0) is 85.8 Å². The van der Waals surface area contributed by atoms with Gasteiger partial charge in [-0.15, -0.1) is 0 Å². The Hall–Kier alpha value is -2.78. The maximum atomic E-state index is 10.2. The van der Waals surface area contributed by atoms with Crippen molar-refractivity contribution in [2.24, 2.45) is 5.41 Å². The molecule has 0 radical (unpaired) electrons. The summed E-state index contributed by atoms with van der Waals surface area (Å²) in [6.45, 7) is 4.51. The van der Waals surface area contributed by atoms with Crippen LogP contribution in [0.2, 0.25) is 0 Å². The Morgan fingerprint density at radius 3 is 2.09 bits per heavy atom. The zero-order valence-electron chi connectivity index (χ0n) is 21.2. The van der Waals surface area contributed by atoms with Crippen molar-refractivity contribution in [1.82, 2.24) is 0 Å². The average molecular weight is 455 g/mol. The van der Waals surface area contributed by atoms with Crippen LogP contribution >= 0.6 is 0 Å². The molecule has 0 atom stereocenters. The fraction of sp³-hybridized carbons (Fsp3) is 0.548. The number of methoxy groups -OCH3 is 1. The van der Waals surface area contributed by atoms with Crippen LogP contribution in [0.5, 0.6) is 5.75 Å².